The maximum absolute atomic E-state index is 4.69. The highest BCUT2D eigenvalue weighted by Gasteiger charge is 2.15. The molecule has 132 valence electrons. The summed E-state index contributed by atoms with van der Waals surface area (Å²) in [6.07, 6.45) is 3.70. The molecule has 27 heavy (non-hydrogen) atoms. The van der Waals surface area contributed by atoms with Crippen molar-refractivity contribution in [3.05, 3.63) is 72.2 Å². The molecule has 0 saturated heterocycles. The molecular weight excluding hydrogens is 336 g/mol. The van der Waals surface area contributed by atoms with Gasteiger partial charge < -0.3 is 10.3 Å². The average Bonchev–Trinajstić information content (AvgIpc) is 3.34. The summed E-state index contributed by atoms with van der Waals surface area (Å²) in [6.45, 7) is 2.72. The summed E-state index contributed by atoms with van der Waals surface area (Å²) in [7, 11) is 0. The molecule has 0 unspecified atom stereocenters. The molecule has 0 atom stereocenters. The van der Waals surface area contributed by atoms with Crippen molar-refractivity contribution in [3.8, 4) is 11.3 Å². The molecule has 6 nitrogen and oxygen atoms in total. The lowest BCUT2D eigenvalue weighted by atomic mass is 10.0. The number of aromatic amines is 2. The third-order valence-electron chi connectivity index (χ3n) is 4.76. The third kappa shape index (κ3) is 2.71. The first-order valence-electron chi connectivity index (χ1n) is 8.85. The first kappa shape index (κ1) is 15.6. The van der Waals surface area contributed by atoms with Crippen molar-refractivity contribution in [2.24, 2.45) is 0 Å². The van der Waals surface area contributed by atoms with E-state index in [4.69, 9.17) is 4.98 Å². The number of H-pyrrole nitrogens is 2. The first-order chi connectivity index (χ1) is 13.3. The van der Waals surface area contributed by atoms with Crippen LogP contribution in [-0.2, 0) is 6.54 Å². The van der Waals surface area contributed by atoms with Gasteiger partial charge in [-0.1, -0.05) is 18.2 Å². The molecule has 6 heteroatoms. The van der Waals surface area contributed by atoms with E-state index in [9.17, 15) is 0 Å². The summed E-state index contributed by atoms with van der Waals surface area (Å²) in [5, 5.41) is 13.3. The Bertz CT molecular complexity index is 1240. The Morgan fingerprint density at radius 1 is 1.07 bits per heavy atom. The van der Waals surface area contributed by atoms with Gasteiger partial charge in [-0.25, -0.2) is 4.98 Å². The molecule has 1 aromatic carbocycles. The van der Waals surface area contributed by atoms with Crippen LogP contribution in [0, 0.1) is 6.92 Å². The molecular formula is C21H18N6. The second kappa shape index (κ2) is 6.25. The zero-order chi connectivity index (χ0) is 18.2. The summed E-state index contributed by atoms with van der Waals surface area (Å²) >= 11 is 0. The molecule has 0 bridgehead atoms. The fourth-order valence-corrected chi connectivity index (χ4v) is 3.45. The molecule has 0 aliphatic rings. The minimum Gasteiger partial charge on any atom is -0.364 e. The first-order valence-corrected chi connectivity index (χ1v) is 8.85. The van der Waals surface area contributed by atoms with Crippen molar-refractivity contribution in [1.29, 1.82) is 0 Å². The minimum atomic E-state index is 0.611. The third-order valence-corrected chi connectivity index (χ3v) is 4.76. The summed E-state index contributed by atoms with van der Waals surface area (Å²) in [6, 6.07) is 16.2. The summed E-state index contributed by atoms with van der Waals surface area (Å²) in [5.41, 5.74) is 6.02. The molecule has 0 saturated carbocycles. The SMILES string of the molecule is Cc1cccc2[nH]nc(-c3cc(NCc4ccccn4)nc4[nH]ccc34)c12. The number of pyridine rings is 2. The van der Waals surface area contributed by atoms with Crippen molar-refractivity contribution in [2.75, 3.05) is 5.32 Å². The zero-order valence-corrected chi connectivity index (χ0v) is 14.8. The molecule has 0 radical (unpaired) electrons. The van der Waals surface area contributed by atoms with Crippen LogP contribution < -0.4 is 5.32 Å². The van der Waals surface area contributed by atoms with E-state index in [1.807, 2.05) is 36.5 Å². The van der Waals surface area contributed by atoms with E-state index in [-0.39, 0.29) is 0 Å². The van der Waals surface area contributed by atoms with Gasteiger partial charge in [0, 0.05) is 28.7 Å². The Morgan fingerprint density at radius 2 is 2.04 bits per heavy atom. The molecule has 0 aliphatic carbocycles. The van der Waals surface area contributed by atoms with Crippen LogP contribution in [0.1, 0.15) is 11.3 Å². The van der Waals surface area contributed by atoms with E-state index >= 15 is 0 Å². The number of benzene rings is 1. The Kier molecular flexibility index (Phi) is 3.60. The molecule has 4 aromatic heterocycles. The summed E-state index contributed by atoms with van der Waals surface area (Å²) < 4.78 is 0. The highest BCUT2D eigenvalue weighted by Crippen LogP contribution is 2.34. The summed E-state index contributed by atoms with van der Waals surface area (Å²) in [4.78, 5) is 12.3. The largest absolute Gasteiger partial charge is 0.364 e. The van der Waals surface area contributed by atoms with E-state index in [0.717, 1.165) is 44.7 Å². The summed E-state index contributed by atoms with van der Waals surface area (Å²) in [5.74, 6) is 0.787. The smallest absolute Gasteiger partial charge is 0.140 e. The van der Waals surface area contributed by atoms with Crippen LogP contribution >= 0.6 is 0 Å². The fourth-order valence-electron chi connectivity index (χ4n) is 3.45. The number of fused-ring (bicyclic) bond motifs is 2. The van der Waals surface area contributed by atoms with Crippen LogP contribution in [0.2, 0.25) is 0 Å². The number of aryl methyl sites for hydroxylation is 1. The van der Waals surface area contributed by atoms with Crippen molar-refractivity contribution in [2.45, 2.75) is 13.5 Å². The van der Waals surface area contributed by atoms with Gasteiger partial charge >= 0.3 is 0 Å². The van der Waals surface area contributed by atoms with Crippen molar-refractivity contribution in [1.82, 2.24) is 25.1 Å². The Morgan fingerprint density at radius 3 is 2.93 bits per heavy atom. The Balaban J connectivity index is 1.62. The fraction of sp³-hybridized carbons (Fsp3) is 0.0952. The molecule has 0 amide bonds. The van der Waals surface area contributed by atoms with Gasteiger partial charge in [0.2, 0.25) is 0 Å². The van der Waals surface area contributed by atoms with Gasteiger partial charge in [0.25, 0.3) is 0 Å². The van der Waals surface area contributed by atoms with Crippen LogP contribution in [0.5, 0.6) is 0 Å². The molecule has 0 fully saturated rings. The van der Waals surface area contributed by atoms with Gasteiger partial charge in [-0.2, -0.15) is 5.10 Å². The number of nitrogens with one attached hydrogen (secondary N) is 3. The van der Waals surface area contributed by atoms with Gasteiger partial charge in [0.05, 0.1) is 17.8 Å². The van der Waals surface area contributed by atoms with Gasteiger partial charge in [-0.15, -0.1) is 0 Å². The maximum Gasteiger partial charge on any atom is 0.140 e. The number of hydrogen-bond donors (Lipinski definition) is 3. The number of hydrogen-bond acceptors (Lipinski definition) is 4. The molecule has 5 aromatic rings. The lowest BCUT2D eigenvalue weighted by Gasteiger charge is -2.09. The standard InChI is InChI=1S/C21H18N6/c1-13-5-4-7-17-19(13)20(27-26-17)16-11-18(25-21-15(16)8-10-23-21)24-12-14-6-2-3-9-22-14/h2-11H,12H2,1H3,(H,26,27)(H2,23,24,25). The van der Waals surface area contributed by atoms with Crippen molar-refractivity contribution >= 4 is 27.8 Å². The van der Waals surface area contributed by atoms with Crippen LogP contribution in [0.15, 0.2) is 60.9 Å². The number of aromatic nitrogens is 5. The zero-order valence-electron chi connectivity index (χ0n) is 14.8. The maximum atomic E-state index is 4.69. The van der Waals surface area contributed by atoms with Gasteiger partial charge in [0.1, 0.15) is 17.2 Å². The van der Waals surface area contributed by atoms with E-state index in [1.54, 1.807) is 6.20 Å². The molecule has 0 spiro atoms. The average molecular weight is 354 g/mol. The minimum absolute atomic E-state index is 0.611. The van der Waals surface area contributed by atoms with Gasteiger partial charge in [-0.3, -0.25) is 10.1 Å². The molecule has 3 N–H and O–H groups in total. The predicted molar refractivity (Wildman–Crippen MR) is 107 cm³/mol. The Hall–Kier alpha value is -3.67. The van der Waals surface area contributed by atoms with Crippen LogP contribution in [0.25, 0.3) is 33.2 Å². The molecule has 0 aliphatic heterocycles. The second-order valence-corrected chi connectivity index (χ2v) is 6.54. The van der Waals surface area contributed by atoms with Gasteiger partial charge in [-0.05, 0) is 42.8 Å². The lowest BCUT2D eigenvalue weighted by molar-refractivity contribution is 1.03. The van der Waals surface area contributed by atoms with Crippen molar-refractivity contribution in [3.63, 3.8) is 0 Å². The second-order valence-electron chi connectivity index (χ2n) is 6.54. The number of anilines is 1. The number of nitrogens with zero attached hydrogens (tertiary/aromatic N) is 3. The normalized spacial score (nSPS) is 11.3. The molecule has 4 heterocycles. The highest BCUT2D eigenvalue weighted by molar-refractivity contribution is 6.03. The monoisotopic (exact) mass is 354 g/mol. The topological polar surface area (TPSA) is 82.3 Å². The quantitative estimate of drug-likeness (QED) is 0.446. The van der Waals surface area contributed by atoms with Crippen LogP contribution in [0.4, 0.5) is 5.82 Å². The van der Waals surface area contributed by atoms with Crippen LogP contribution in [0.3, 0.4) is 0 Å². The van der Waals surface area contributed by atoms with E-state index < -0.39 is 0 Å². The molecule has 5 rings (SSSR count). The predicted octanol–water partition coefficient (Wildman–Crippen LogP) is 4.42. The Labute approximate surface area is 155 Å². The van der Waals surface area contributed by atoms with E-state index in [1.165, 1.54) is 5.56 Å². The highest BCUT2D eigenvalue weighted by atomic mass is 15.1. The van der Waals surface area contributed by atoms with E-state index in [0.29, 0.717) is 6.54 Å². The lowest BCUT2D eigenvalue weighted by Crippen LogP contribution is -2.03. The van der Waals surface area contributed by atoms with Crippen LogP contribution in [-0.4, -0.2) is 25.1 Å². The number of rotatable bonds is 4. The van der Waals surface area contributed by atoms with Crippen molar-refractivity contribution < 1.29 is 0 Å². The van der Waals surface area contributed by atoms with E-state index in [2.05, 4.69) is 50.6 Å². The van der Waals surface area contributed by atoms with Gasteiger partial charge in [0.15, 0.2) is 0 Å².